The Morgan fingerprint density at radius 2 is 1.70 bits per heavy atom. The third kappa shape index (κ3) is 3.09. The number of carbonyl (C=O) groups is 1. The molecule has 20 heavy (non-hydrogen) atoms. The molecule has 0 saturated carbocycles. The van der Waals surface area contributed by atoms with Gasteiger partial charge < -0.3 is 11.1 Å². The summed E-state index contributed by atoms with van der Waals surface area (Å²) in [6.07, 6.45) is -4.49. The first-order valence-corrected chi connectivity index (χ1v) is 5.71. The number of nitrogens with one attached hydrogen (secondary N) is 1. The number of rotatable bonds is 2. The molecule has 0 atom stereocenters. The van der Waals surface area contributed by atoms with Crippen LogP contribution in [-0.4, -0.2) is 5.91 Å². The fourth-order valence-electron chi connectivity index (χ4n) is 1.62. The summed E-state index contributed by atoms with van der Waals surface area (Å²) >= 11 is 0. The van der Waals surface area contributed by atoms with Crippen molar-refractivity contribution in [3.8, 4) is 0 Å². The van der Waals surface area contributed by atoms with Crippen LogP contribution in [0.3, 0.4) is 0 Å². The van der Waals surface area contributed by atoms with Gasteiger partial charge in [0.1, 0.15) is 0 Å². The number of halogens is 3. The fourth-order valence-corrected chi connectivity index (χ4v) is 1.62. The zero-order valence-corrected chi connectivity index (χ0v) is 10.2. The van der Waals surface area contributed by atoms with Crippen LogP contribution >= 0.6 is 0 Å². The molecule has 0 radical (unpaired) electrons. The lowest BCUT2D eigenvalue weighted by atomic mass is 10.1. The molecule has 0 bridgehead atoms. The fraction of sp³-hybridized carbons (Fsp3) is 0.0714. The number of hydrogen-bond donors (Lipinski definition) is 2. The van der Waals surface area contributed by atoms with Crippen molar-refractivity contribution in [3.05, 3.63) is 59.7 Å². The zero-order valence-electron chi connectivity index (χ0n) is 10.2. The van der Waals surface area contributed by atoms with Gasteiger partial charge in [-0.1, -0.05) is 18.2 Å². The van der Waals surface area contributed by atoms with Crippen molar-refractivity contribution >= 4 is 17.3 Å². The van der Waals surface area contributed by atoms with E-state index in [9.17, 15) is 18.0 Å². The van der Waals surface area contributed by atoms with Crippen molar-refractivity contribution in [1.82, 2.24) is 0 Å². The molecular formula is C14H11F3N2O. The smallest absolute Gasteiger partial charge is 0.397 e. The molecule has 2 aromatic rings. The summed E-state index contributed by atoms with van der Waals surface area (Å²) < 4.78 is 37.8. The predicted molar refractivity (Wildman–Crippen MR) is 70.3 cm³/mol. The SMILES string of the molecule is Nc1ccc(C(F)(F)F)cc1NC(=O)c1ccccc1. The van der Waals surface area contributed by atoms with E-state index in [1.54, 1.807) is 30.3 Å². The molecule has 0 aliphatic carbocycles. The Bertz CT molecular complexity index is 624. The molecular weight excluding hydrogens is 269 g/mol. The summed E-state index contributed by atoms with van der Waals surface area (Å²) in [4.78, 5) is 11.9. The molecule has 0 saturated heterocycles. The van der Waals surface area contributed by atoms with Gasteiger partial charge in [-0.25, -0.2) is 0 Å². The quantitative estimate of drug-likeness (QED) is 0.827. The number of hydrogen-bond acceptors (Lipinski definition) is 2. The molecule has 0 unspecified atom stereocenters. The van der Waals surface area contributed by atoms with Crippen LogP contribution in [0.25, 0.3) is 0 Å². The lowest BCUT2D eigenvalue weighted by Crippen LogP contribution is -2.14. The molecule has 0 aliphatic heterocycles. The van der Waals surface area contributed by atoms with Gasteiger partial charge in [0.05, 0.1) is 16.9 Å². The number of amides is 1. The van der Waals surface area contributed by atoms with Gasteiger partial charge in [-0.2, -0.15) is 13.2 Å². The standard InChI is InChI=1S/C14H11F3N2O/c15-14(16,17)10-6-7-11(18)12(8-10)19-13(20)9-4-2-1-3-5-9/h1-8H,18H2,(H,19,20). The summed E-state index contributed by atoms with van der Waals surface area (Å²) in [7, 11) is 0. The summed E-state index contributed by atoms with van der Waals surface area (Å²) in [5.74, 6) is -0.517. The van der Waals surface area contributed by atoms with E-state index in [1.807, 2.05) is 0 Å². The number of nitrogen functional groups attached to an aromatic ring is 1. The Morgan fingerprint density at radius 1 is 1.05 bits per heavy atom. The molecule has 0 heterocycles. The number of benzene rings is 2. The minimum atomic E-state index is -4.49. The third-order valence-electron chi connectivity index (χ3n) is 2.66. The monoisotopic (exact) mass is 280 g/mol. The van der Waals surface area contributed by atoms with Gasteiger partial charge in [0, 0.05) is 5.56 Å². The van der Waals surface area contributed by atoms with Crippen LogP contribution < -0.4 is 11.1 Å². The van der Waals surface area contributed by atoms with E-state index in [0.717, 1.165) is 18.2 Å². The Balaban J connectivity index is 2.27. The van der Waals surface area contributed by atoms with E-state index in [0.29, 0.717) is 5.56 Å². The van der Waals surface area contributed by atoms with Crippen molar-refractivity contribution in [2.45, 2.75) is 6.18 Å². The van der Waals surface area contributed by atoms with Gasteiger partial charge in [0.25, 0.3) is 5.91 Å². The highest BCUT2D eigenvalue weighted by molar-refractivity contribution is 6.05. The molecule has 104 valence electrons. The van der Waals surface area contributed by atoms with E-state index in [4.69, 9.17) is 5.73 Å². The van der Waals surface area contributed by atoms with Gasteiger partial charge in [-0.15, -0.1) is 0 Å². The van der Waals surface area contributed by atoms with Crippen LogP contribution in [0, 0.1) is 0 Å². The van der Waals surface area contributed by atoms with Crippen molar-refractivity contribution in [1.29, 1.82) is 0 Å². The summed E-state index contributed by atoms with van der Waals surface area (Å²) in [6, 6.07) is 11.0. The second kappa shape index (κ2) is 5.24. The van der Waals surface area contributed by atoms with E-state index in [-0.39, 0.29) is 11.4 Å². The number of alkyl halides is 3. The lowest BCUT2D eigenvalue weighted by Gasteiger charge is -2.12. The van der Waals surface area contributed by atoms with Crippen molar-refractivity contribution in [2.75, 3.05) is 11.1 Å². The van der Waals surface area contributed by atoms with Crippen LogP contribution in [0.2, 0.25) is 0 Å². The van der Waals surface area contributed by atoms with E-state index in [1.165, 1.54) is 0 Å². The number of carbonyl (C=O) groups excluding carboxylic acids is 1. The first-order chi connectivity index (χ1) is 9.38. The van der Waals surface area contributed by atoms with Crippen LogP contribution in [-0.2, 0) is 6.18 Å². The molecule has 3 N–H and O–H groups in total. The highest BCUT2D eigenvalue weighted by Crippen LogP contribution is 2.33. The van der Waals surface area contributed by atoms with Crippen LogP contribution in [0.15, 0.2) is 48.5 Å². The maximum atomic E-state index is 12.6. The lowest BCUT2D eigenvalue weighted by molar-refractivity contribution is -0.137. The summed E-state index contributed by atoms with van der Waals surface area (Å²) in [5, 5.41) is 2.38. The summed E-state index contributed by atoms with van der Waals surface area (Å²) in [6.45, 7) is 0. The van der Waals surface area contributed by atoms with Crippen LogP contribution in [0.1, 0.15) is 15.9 Å². The minimum absolute atomic E-state index is 0.0614. The Hall–Kier alpha value is -2.50. The average Bonchev–Trinajstić information content (AvgIpc) is 2.41. The van der Waals surface area contributed by atoms with Crippen molar-refractivity contribution in [2.24, 2.45) is 0 Å². The maximum absolute atomic E-state index is 12.6. The van der Waals surface area contributed by atoms with Crippen molar-refractivity contribution < 1.29 is 18.0 Å². The van der Waals surface area contributed by atoms with E-state index >= 15 is 0 Å². The summed E-state index contributed by atoms with van der Waals surface area (Å²) in [5.41, 5.74) is 5.06. The third-order valence-corrected chi connectivity index (χ3v) is 2.66. The largest absolute Gasteiger partial charge is 0.416 e. The van der Waals surface area contributed by atoms with Gasteiger partial charge in [-0.05, 0) is 30.3 Å². The topological polar surface area (TPSA) is 55.1 Å². The second-order valence-corrected chi connectivity index (χ2v) is 4.12. The van der Waals surface area contributed by atoms with Gasteiger partial charge in [0.2, 0.25) is 0 Å². The molecule has 0 spiro atoms. The number of anilines is 2. The zero-order chi connectivity index (χ0) is 14.8. The highest BCUT2D eigenvalue weighted by Gasteiger charge is 2.31. The first-order valence-electron chi connectivity index (χ1n) is 5.71. The van der Waals surface area contributed by atoms with E-state index in [2.05, 4.69) is 5.32 Å². The molecule has 2 aromatic carbocycles. The van der Waals surface area contributed by atoms with Crippen molar-refractivity contribution in [3.63, 3.8) is 0 Å². The molecule has 1 amide bonds. The average molecular weight is 280 g/mol. The minimum Gasteiger partial charge on any atom is -0.397 e. The predicted octanol–water partition coefficient (Wildman–Crippen LogP) is 3.54. The molecule has 0 fully saturated rings. The first kappa shape index (κ1) is 13.9. The Kier molecular flexibility index (Phi) is 3.65. The molecule has 0 aliphatic rings. The maximum Gasteiger partial charge on any atom is 0.416 e. The van der Waals surface area contributed by atoms with Crippen LogP contribution in [0.5, 0.6) is 0 Å². The Labute approximate surface area is 113 Å². The highest BCUT2D eigenvalue weighted by atomic mass is 19.4. The Morgan fingerprint density at radius 3 is 2.30 bits per heavy atom. The molecule has 2 rings (SSSR count). The van der Waals surface area contributed by atoms with Gasteiger partial charge >= 0.3 is 6.18 Å². The normalized spacial score (nSPS) is 11.2. The van der Waals surface area contributed by atoms with E-state index < -0.39 is 17.6 Å². The van der Waals surface area contributed by atoms with Gasteiger partial charge in [0.15, 0.2) is 0 Å². The molecule has 6 heteroatoms. The number of nitrogens with two attached hydrogens (primary N) is 1. The van der Waals surface area contributed by atoms with Gasteiger partial charge in [-0.3, -0.25) is 4.79 Å². The van der Waals surface area contributed by atoms with Crippen LogP contribution in [0.4, 0.5) is 24.5 Å². The molecule has 3 nitrogen and oxygen atoms in total. The second-order valence-electron chi connectivity index (χ2n) is 4.12. The molecule has 0 aromatic heterocycles.